The van der Waals surface area contributed by atoms with Crippen LogP contribution in [-0.2, 0) is 26.2 Å². The molecule has 12 heavy (non-hydrogen) atoms. The molecule has 1 rings (SSSR count). The van der Waals surface area contributed by atoms with Gasteiger partial charge in [-0.2, -0.15) is 11.1 Å². The Bertz CT molecular complexity index is 168. The van der Waals surface area contributed by atoms with E-state index in [9.17, 15) is 0 Å². The van der Waals surface area contributed by atoms with Crippen molar-refractivity contribution < 1.29 is 63.4 Å². The van der Waals surface area contributed by atoms with Gasteiger partial charge in [-0.15, -0.1) is 13.3 Å². The van der Waals surface area contributed by atoms with E-state index in [1.807, 2.05) is 0 Å². The van der Waals surface area contributed by atoms with Crippen LogP contribution >= 0.6 is 0 Å². The van der Waals surface area contributed by atoms with Crippen molar-refractivity contribution in [2.24, 2.45) is 0 Å². The quantitative estimate of drug-likeness (QED) is 0.391. The van der Waals surface area contributed by atoms with Crippen LogP contribution in [0.4, 0.5) is 0 Å². The molecule has 0 spiro atoms. The van der Waals surface area contributed by atoms with Crippen molar-refractivity contribution in [3.05, 3.63) is 22.8 Å². The van der Waals surface area contributed by atoms with Gasteiger partial charge in [-0.1, -0.05) is 13.8 Å². The van der Waals surface area contributed by atoms with Gasteiger partial charge >= 0.3 is 26.2 Å². The molecule has 0 saturated heterocycles. The molecule has 0 aromatic heterocycles. The summed E-state index contributed by atoms with van der Waals surface area (Å²) in [6, 6.07) is 0. The molecule has 4 heteroatoms. The van der Waals surface area contributed by atoms with E-state index in [2.05, 4.69) is 26.8 Å². The first kappa shape index (κ1) is 23.2. The van der Waals surface area contributed by atoms with E-state index >= 15 is 0 Å². The van der Waals surface area contributed by atoms with E-state index in [0.717, 1.165) is 6.42 Å². The van der Waals surface area contributed by atoms with Gasteiger partial charge in [0.05, 0.1) is 0 Å². The Morgan fingerprint density at radius 2 is 1.42 bits per heavy atom. The Kier molecular flexibility index (Phi) is 20.0. The Hall–Kier alpha value is 1.23. The van der Waals surface area contributed by atoms with Crippen molar-refractivity contribution >= 4 is 0 Å². The SMILES string of the molecule is CC1=[C-]CC(C)=C1C.[Cl-].[Cl-].[Cl-].[Zr+4]. The minimum atomic E-state index is 0. The first-order valence-electron chi connectivity index (χ1n) is 2.96. The van der Waals surface area contributed by atoms with Gasteiger partial charge in [0.15, 0.2) is 0 Å². The van der Waals surface area contributed by atoms with E-state index in [1.54, 1.807) is 0 Å². The summed E-state index contributed by atoms with van der Waals surface area (Å²) in [6.07, 6.45) is 4.31. The Balaban J connectivity index is -0.0000000800. The summed E-state index contributed by atoms with van der Waals surface area (Å²) < 4.78 is 0. The van der Waals surface area contributed by atoms with Gasteiger partial charge in [-0.05, 0) is 0 Å². The van der Waals surface area contributed by atoms with Gasteiger partial charge in [0, 0.05) is 0 Å². The molecule has 0 heterocycles. The second kappa shape index (κ2) is 10.3. The predicted molar refractivity (Wildman–Crippen MR) is 35.4 cm³/mol. The van der Waals surface area contributed by atoms with Gasteiger partial charge in [0.2, 0.25) is 0 Å². The van der Waals surface area contributed by atoms with Gasteiger partial charge in [0.1, 0.15) is 0 Å². The van der Waals surface area contributed by atoms with Crippen LogP contribution in [0.5, 0.6) is 0 Å². The molecule has 0 saturated carbocycles. The Labute approximate surface area is 113 Å². The van der Waals surface area contributed by atoms with Crippen molar-refractivity contribution in [1.29, 1.82) is 0 Å². The normalized spacial score (nSPS) is 13.1. The smallest absolute Gasteiger partial charge is 1.00 e. The van der Waals surface area contributed by atoms with Gasteiger partial charge in [-0.25, -0.2) is 5.57 Å². The summed E-state index contributed by atoms with van der Waals surface area (Å²) in [7, 11) is 0. The van der Waals surface area contributed by atoms with E-state index in [4.69, 9.17) is 0 Å². The number of hydrogen-bond acceptors (Lipinski definition) is 0. The molecule has 0 N–H and O–H groups in total. The molecule has 68 valence electrons. The zero-order valence-electron chi connectivity index (χ0n) is 7.34. The van der Waals surface area contributed by atoms with E-state index in [-0.39, 0.29) is 63.4 Å². The van der Waals surface area contributed by atoms with Gasteiger partial charge in [0.25, 0.3) is 0 Å². The van der Waals surface area contributed by atoms with Crippen LogP contribution in [0.2, 0.25) is 0 Å². The summed E-state index contributed by atoms with van der Waals surface area (Å²) in [6.45, 7) is 6.44. The maximum absolute atomic E-state index is 3.26. The van der Waals surface area contributed by atoms with Crippen LogP contribution in [0.25, 0.3) is 0 Å². The first-order valence-corrected chi connectivity index (χ1v) is 2.96. The molecule has 0 aliphatic heterocycles. The van der Waals surface area contributed by atoms with Crippen molar-refractivity contribution in [3.63, 3.8) is 0 Å². The fraction of sp³-hybridized carbons (Fsp3) is 0.500. The molecular weight excluding hydrogens is 294 g/mol. The summed E-state index contributed by atoms with van der Waals surface area (Å²) in [4.78, 5) is 0. The predicted octanol–water partition coefficient (Wildman–Crippen LogP) is -6.51. The maximum Gasteiger partial charge on any atom is 4.00 e. The second-order valence-electron chi connectivity index (χ2n) is 2.38. The second-order valence-corrected chi connectivity index (χ2v) is 2.38. The fourth-order valence-corrected chi connectivity index (χ4v) is 0.850. The van der Waals surface area contributed by atoms with E-state index in [1.165, 1.54) is 16.7 Å². The van der Waals surface area contributed by atoms with Gasteiger partial charge in [-0.3, -0.25) is 6.08 Å². The molecule has 0 radical (unpaired) electrons. The molecule has 0 aromatic rings. The van der Waals surface area contributed by atoms with E-state index in [0.29, 0.717) is 0 Å². The van der Waals surface area contributed by atoms with Crippen molar-refractivity contribution in [2.75, 3.05) is 0 Å². The summed E-state index contributed by atoms with van der Waals surface area (Å²) >= 11 is 0. The van der Waals surface area contributed by atoms with Gasteiger partial charge < -0.3 is 37.2 Å². The third-order valence-electron chi connectivity index (χ3n) is 1.82. The monoisotopic (exact) mass is 302 g/mol. The summed E-state index contributed by atoms with van der Waals surface area (Å²) in [5, 5.41) is 0. The van der Waals surface area contributed by atoms with Crippen LogP contribution in [-0.4, -0.2) is 0 Å². The Morgan fingerprint density at radius 3 is 1.50 bits per heavy atom. The van der Waals surface area contributed by atoms with Crippen LogP contribution in [0.1, 0.15) is 27.2 Å². The molecule has 0 atom stereocenters. The minimum Gasteiger partial charge on any atom is -1.00 e. The fourth-order valence-electron chi connectivity index (χ4n) is 0.850. The molecule has 0 unspecified atom stereocenters. The molecular formula is C8H11Cl3Zr. The average Bonchev–Trinajstić information content (AvgIpc) is 1.98. The molecule has 0 nitrogen and oxygen atoms in total. The van der Waals surface area contributed by atoms with Crippen LogP contribution < -0.4 is 37.2 Å². The summed E-state index contributed by atoms with van der Waals surface area (Å²) in [5.74, 6) is 0. The van der Waals surface area contributed by atoms with Crippen molar-refractivity contribution in [2.45, 2.75) is 27.2 Å². The third-order valence-corrected chi connectivity index (χ3v) is 1.82. The largest absolute Gasteiger partial charge is 4.00 e. The van der Waals surface area contributed by atoms with Crippen molar-refractivity contribution in [1.82, 2.24) is 0 Å². The number of hydrogen-bond donors (Lipinski definition) is 0. The standard InChI is InChI=1S/C8H11.3ClH.Zr/c1-6-4-5-7(2)8(6)3;;;;/h4H2,1-3H3;3*1H;/q-1;;;;+4/p-3. The minimum absolute atomic E-state index is 0. The average molecular weight is 305 g/mol. The Morgan fingerprint density at radius 1 is 1.00 bits per heavy atom. The molecule has 0 aromatic carbocycles. The maximum atomic E-state index is 3.26. The zero-order valence-corrected chi connectivity index (χ0v) is 12.1. The summed E-state index contributed by atoms with van der Waals surface area (Å²) in [5.41, 5.74) is 4.25. The molecule has 1 aliphatic rings. The van der Waals surface area contributed by atoms with Crippen LogP contribution in [0.15, 0.2) is 16.7 Å². The number of halogens is 3. The van der Waals surface area contributed by atoms with E-state index < -0.39 is 0 Å². The van der Waals surface area contributed by atoms with Crippen molar-refractivity contribution in [3.8, 4) is 0 Å². The number of allylic oxidation sites excluding steroid dienone is 4. The van der Waals surface area contributed by atoms with Crippen LogP contribution in [0.3, 0.4) is 0 Å². The number of rotatable bonds is 0. The molecule has 0 fully saturated rings. The zero-order chi connectivity index (χ0) is 6.15. The topological polar surface area (TPSA) is 0 Å². The molecule has 1 aliphatic carbocycles. The molecule has 0 bridgehead atoms. The van der Waals surface area contributed by atoms with Crippen LogP contribution in [0, 0.1) is 6.08 Å². The third kappa shape index (κ3) is 5.81. The first-order chi connectivity index (χ1) is 3.72. The molecule has 0 amide bonds.